The van der Waals surface area contributed by atoms with Crippen molar-refractivity contribution in [3.63, 3.8) is 0 Å². The largest absolute Gasteiger partial charge is 0.449 e. The van der Waals surface area contributed by atoms with Gasteiger partial charge in [-0.05, 0) is 43.7 Å². The van der Waals surface area contributed by atoms with Gasteiger partial charge in [-0.25, -0.2) is 17.6 Å². The zero-order valence-corrected chi connectivity index (χ0v) is 16.7. The molecule has 1 N–H and O–H groups in total. The maximum absolute atomic E-state index is 13.7. The Labute approximate surface area is 166 Å². The predicted molar refractivity (Wildman–Crippen MR) is 103 cm³/mol. The molecule has 152 valence electrons. The molecule has 0 spiro atoms. The summed E-state index contributed by atoms with van der Waals surface area (Å²) in [6, 6.07) is 10.4. The number of hydrogen-bond acceptors (Lipinski definition) is 7. The Bertz CT molecular complexity index is 1160. The predicted octanol–water partition coefficient (Wildman–Crippen LogP) is 3.47. The van der Waals surface area contributed by atoms with Gasteiger partial charge in [-0.15, -0.1) is 0 Å². The minimum Gasteiger partial charge on any atom is -0.449 e. The molecule has 2 aromatic carbocycles. The van der Waals surface area contributed by atoms with Crippen molar-refractivity contribution < 1.29 is 26.9 Å². The standard InChI is InChI=1S/C19H18FN3O5S/c1-11-7-8-13(10-16(11)20)17-21-18(28-22-17)12(2)27-19(24)14-5-4-6-15(9-14)23-29(3,25)26/h4-10,12,23H,1-3H3. The van der Waals surface area contributed by atoms with Gasteiger partial charge < -0.3 is 9.26 Å². The molecular weight excluding hydrogens is 401 g/mol. The van der Waals surface area contributed by atoms with Gasteiger partial charge in [0, 0.05) is 11.3 Å². The number of sulfonamides is 1. The van der Waals surface area contributed by atoms with Gasteiger partial charge >= 0.3 is 5.97 Å². The summed E-state index contributed by atoms with van der Waals surface area (Å²) in [7, 11) is -3.48. The van der Waals surface area contributed by atoms with Gasteiger partial charge in [0.2, 0.25) is 15.8 Å². The van der Waals surface area contributed by atoms with E-state index in [0.717, 1.165) is 6.26 Å². The van der Waals surface area contributed by atoms with E-state index in [9.17, 15) is 17.6 Å². The van der Waals surface area contributed by atoms with Crippen molar-refractivity contribution in [2.75, 3.05) is 11.0 Å². The summed E-state index contributed by atoms with van der Waals surface area (Å²) in [5.41, 5.74) is 1.30. The van der Waals surface area contributed by atoms with E-state index in [2.05, 4.69) is 14.9 Å². The maximum atomic E-state index is 13.7. The van der Waals surface area contributed by atoms with Crippen LogP contribution in [0.25, 0.3) is 11.4 Å². The lowest BCUT2D eigenvalue weighted by Crippen LogP contribution is -2.12. The number of carbonyl (C=O) groups excluding carboxylic acids is 1. The summed E-state index contributed by atoms with van der Waals surface area (Å²) < 4.78 is 49.1. The lowest BCUT2D eigenvalue weighted by molar-refractivity contribution is 0.0265. The lowest BCUT2D eigenvalue weighted by Gasteiger charge is -2.10. The van der Waals surface area contributed by atoms with Crippen molar-refractivity contribution in [1.82, 2.24) is 10.1 Å². The number of aryl methyl sites for hydroxylation is 1. The van der Waals surface area contributed by atoms with Crippen molar-refractivity contribution in [3.05, 3.63) is 65.3 Å². The Morgan fingerprint density at radius 3 is 2.69 bits per heavy atom. The molecular formula is C19H18FN3O5S. The van der Waals surface area contributed by atoms with Gasteiger partial charge in [0.15, 0.2) is 6.10 Å². The minimum absolute atomic E-state index is 0.0414. The number of aromatic nitrogens is 2. The molecule has 3 aromatic rings. The summed E-state index contributed by atoms with van der Waals surface area (Å²) in [4.78, 5) is 16.5. The fraction of sp³-hybridized carbons (Fsp3) is 0.211. The van der Waals surface area contributed by atoms with Gasteiger partial charge in [0.25, 0.3) is 5.89 Å². The molecule has 8 nitrogen and oxygen atoms in total. The smallest absolute Gasteiger partial charge is 0.338 e. The van der Waals surface area contributed by atoms with Gasteiger partial charge in [0.05, 0.1) is 11.8 Å². The quantitative estimate of drug-likeness (QED) is 0.609. The van der Waals surface area contributed by atoms with Gasteiger partial charge in [0.1, 0.15) is 5.82 Å². The molecule has 0 radical (unpaired) electrons. The van der Waals surface area contributed by atoms with E-state index < -0.39 is 27.9 Å². The highest BCUT2D eigenvalue weighted by Gasteiger charge is 2.21. The van der Waals surface area contributed by atoms with Crippen LogP contribution in [0.15, 0.2) is 47.0 Å². The highest BCUT2D eigenvalue weighted by Crippen LogP contribution is 2.23. The summed E-state index contributed by atoms with van der Waals surface area (Å²) in [5.74, 6) is -0.882. The Hall–Kier alpha value is -3.27. The number of benzene rings is 2. The number of hydrogen-bond donors (Lipinski definition) is 1. The zero-order valence-electron chi connectivity index (χ0n) is 15.8. The van der Waals surface area contributed by atoms with Crippen molar-refractivity contribution >= 4 is 21.7 Å². The minimum atomic E-state index is -3.48. The van der Waals surface area contributed by atoms with Crippen LogP contribution in [0, 0.1) is 12.7 Å². The molecule has 0 amide bonds. The third-order valence-electron chi connectivity index (χ3n) is 3.90. The van der Waals surface area contributed by atoms with Crippen molar-refractivity contribution in [2.45, 2.75) is 20.0 Å². The molecule has 3 rings (SSSR count). The topological polar surface area (TPSA) is 111 Å². The van der Waals surface area contributed by atoms with Gasteiger partial charge in [-0.1, -0.05) is 23.4 Å². The molecule has 0 aliphatic heterocycles. The van der Waals surface area contributed by atoms with Crippen molar-refractivity contribution in [1.29, 1.82) is 0 Å². The molecule has 1 aromatic heterocycles. The van der Waals surface area contributed by atoms with Crippen LogP contribution in [0.2, 0.25) is 0 Å². The van der Waals surface area contributed by atoms with Crippen LogP contribution in [0.3, 0.4) is 0 Å². The number of esters is 1. The second kappa shape index (κ2) is 8.00. The third-order valence-corrected chi connectivity index (χ3v) is 4.51. The third kappa shape index (κ3) is 5.17. The molecule has 0 fully saturated rings. The summed E-state index contributed by atoms with van der Waals surface area (Å²) in [5, 5.41) is 3.79. The van der Waals surface area contributed by atoms with Crippen LogP contribution in [-0.4, -0.2) is 30.8 Å². The van der Waals surface area contributed by atoms with E-state index in [0.29, 0.717) is 11.1 Å². The number of nitrogens with one attached hydrogen (secondary N) is 1. The highest BCUT2D eigenvalue weighted by molar-refractivity contribution is 7.92. The molecule has 29 heavy (non-hydrogen) atoms. The van der Waals surface area contributed by atoms with Crippen LogP contribution in [0.4, 0.5) is 10.1 Å². The first-order valence-electron chi connectivity index (χ1n) is 8.51. The second-order valence-electron chi connectivity index (χ2n) is 6.42. The molecule has 0 bridgehead atoms. The Morgan fingerprint density at radius 2 is 2.00 bits per heavy atom. The summed E-state index contributed by atoms with van der Waals surface area (Å²) in [6.07, 6.45) is 0.137. The molecule has 0 aliphatic rings. The SMILES string of the molecule is Cc1ccc(-c2noc(C(C)OC(=O)c3cccc(NS(C)(=O)=O)c3)n2)cc1F. The highest BCUT2D eigenvalue weighted by atomic mass is 32.2. The average Bonchev–Trinajstić information content (AvgIpc) is 3.13. The monoisotopic (exact) mass is 419 g/mol. The van der Waals surface area contributed by atoms with Crippen molar-refractivity contribution in [3.8, 4) is 11.4 Å². The van der Waals surface area contributed by atoms with E-state index in [1.165, 1.54) is 30.3 Å². The van der Waals surface area contributed by atoms with Crippen LogP contribution >= 0.6 is 0 Å². The van der Waals surface area contributed by atoms with Crippen molar-refractivity contribution in [2.24, 2.45) is 0 Å². The number of rotatable bonds is 6. The molecule has 1 atom stereocenters. The molecule has 1 heterocycles. The lowest BCUT2D eigenvalue weighted by atomic mass is 10.1. The number of carbonyl (C=O) groups is 1. The first-order valence-corrected chi connectivity index (χ1v) is 10.4. The molecule has 1 unspecified atom stereocenters. The zero-order chi connectivity index (χ0) is 21.2. The Morgan fingerprint density at radius 1 is 1.24 bits per heavy atom. The van der Waals surface area contributed by atoms with Crippen LogP contribution in [0.1, 0.15) is 34.8 Å². The average molecular weight is 419 g/mol. The second-order valence-corrected chi connectivity index (χ2v) is 8.17. The number of anilines is 1. The number of ether oxygens (including phenoxy) is 1. The van der Waals surface area contributed by atoms with Crippen LogP contribution < -0.4 is 4.72 Å². The Balaban J connectivity index is 1.73. The van der Waals surface area contributed by atoms with Gasteiger partial charge in [-0.3, -0.25) is 4.72 Å². The first-order chi connectivity index (χ1) is 13.6. The van der Waals surface area contributed by atoms with Crippen LogP contribution in [-0.2, 0) is 14.8 Å². The Kier molecular flexibility index (Phi) is 5.64. The van der Waals surface area contributed by atoms with E-state index in [4.69, 9.17) is 9.26 Å². The molecule has 0 saturated carbocycles. The van der Waals surface area contributed by atoms with E-state index in [1.54, 1.807) is 26.0 Å². The summed E-state index contributed by atoms with van der Waals surface area (Å²) >= 11 is 0. The fourth-order valence-electron chi connectivity index (χ4n) is 2.45. The maximum Gasteiger partial charge on any atom is 0.338 e. The number of nitrogens with zero attached hydrogens (tertiary/aromatic N) is 2. The molecule has 0 saturated heterocycles. The molecule has 0 aliphatic carbocycles. The molecule has 10 heteroatoms. The van der Waals surface area contributed by atoms with Crippen LogP contribution in [0.5, 0.6) is 0 Å². The van der Waals surface area contributed by atoms with E-state index in [-0.39, 0.29) is 23.0 Å². The number of halogens is 1. The normalized spacial score (nSPS) is 12.4. The van der Waals surface area contributed by atoms with E-state index in [1.807, 2.05) is 0 Å². The van der Waals surface area contributed by atoms with Gasteiger partial charge in [-0.2, -0.15) is 4.98 Å². The first kappa shape index (κ1) is 20.5. The fourth-order valence-corrected chi connectivity index (χ4v) is 3.01. The summed E-state index contributed by atoms with van der Waals surface area (Å²) in [6.45, 7) is 3.19. The van der Waals surface area contributed by atoms with E-state index >= 15 is 0 Å².